The number of aromatic nitrogens is 3. The molecule has 0 aromatic carbocycles. The van der Waals surface area contributed by atoms with E-state index in [4.69, 9.17) is 0 Å². The number of H-pyrrole nitrogens is 1. The van der Waals surface area contributed by atoms with Crippen LogP contribution < -0.4 is 10.6 Å². The van der Waals surface area contributed by atoms with Crippen molar-refractivity contribution in [3.05, 3.63) is 24.2 Å². The molecule has 0 bridgehead atoms. The molecule has 4 rings (SSSR count). The first-order valence-corrected chi connectivity index (χ1v) is 7.90. The normalized spacial score (nSPS) is 22.5. The zero-order valence-electron chi connectivity index (χ0n) is 12.2. The van der Waals surface area contributed by atoms with Crippen molar-refractivity contribution >= 4 is 22.4 Å². The van der Waals surface area contributed by atoms with E-state index in [0.29, 0.717) is 6.04 Å². The Balaban J connectivity index is 1.71. The Labute approximate surface area is 124 Å². The maximum Gasteiger partial charge on any atom is 0.143 e. The lowest BCUT2D eigenvalue weighted by atomic mass is 10.0. The van der Waals surface area contributed by atoms with Gasteiger partial charge in [-0.3, -0.25) is 0 Å². The minimum absolute atomic E-state index is 0.456. The first-order chi connectivity index (χ1) is 10.4. The zero-order chi connectivity index (χ0) is 14.1. The van der Waals surface area contributed by atoms with Gasteiger partial charge in [0, 0.05) is 24.3 Å². The molecule has 0 unspecified atom stereocenters. The SMILES string of the molecule is C1=C(c2c[nH]c3ncnc(N[C@@H]4CCCNC4)c23)CCC1. The highest BCUT2D eigenvalue weighted by Gasteiger charge is 2.19. The van der Waals surface area contributed by atoms with Gasteiger partial charge < -0.3 is 15.6 Å². The third-order valence-electron chi connectivity index (χ3n) is 4.49. The molecule has 21 heavy (non-hydrogen) atoms. The Kier molecular flexibility index (Phi) is 3.35. The number of hydrogen-bond donors (Lipinski definition) is 3. The lowest BCUT2D eigenvalue weighted by Crippen LogP contribution is -2.38. The quantitative estimate of drug-likeness (QED) is 0.810. The zero-order valence-corrected chi connectivity index (χ0v) is 12.2. The summed E-state index contributed by atoms with van der Waals surface area (Å²) in [5.74, 6) is 0.970. The fourth-order valence-corrected chi connectivity index (χ4v) is 3.41. The van der Waals surface area contributed by atoms with E-state index in [1.54, 1.807) is 6.33 Å². The standard InChI is InChI=1S/C16H21N5/c1-2-5-11(4-1)13-9-18-15-14(13)16(20-10-19-15)21-12-6-3-7-17-8-12/h4,9-10,12,17H,1-3,5-8H2,(H2,18,19,20,21)/t12-/m1/s1. The van der Waals surface area contributed by atoms with Crippen LogP contribution in [0.3, 0.4) is 0 Å². The van der Waals surface area contributed by atoms with E-state index < -0.39 is 0 Å². The summed E-state index contributed by atoms with van der Waals surface area (Å²) >= 11 is 0. The van der Waals surface area contributed by atoms with Crippen molar-refractivity contribution in [1.82, 2.24) is 20.3 Å². The van der Waals surface area contributed by atoms with Crippen LogP contribution >= 0.6 is 0 Å². The molecule has 1 saturated heterocycles. The molecule has 5 nitrogen and oxygen atoms in total. The van der Waals surface area contributed by atoms with Gasteiger partial charge in [-0.05, 0) is 44.2 Å². The molecule has 2 aliphatic rings. The first-order valence-electron chi connectivity index (χ1n) is 7.90. The highest BCUT2D eigenvalue weighted by molar-refractivity contribution is 5.98. The minimum atomic E-state index is 0.456. The number of rotatable bonds is 3. The molecular formula is C16H21N5. The molecule has 0 spiro atoms. The molecule has 1 atom stereocenters. The van der Waals surface area contributed by atoms with Gasteiger partial charge in [-0.1, -0.05) is 6.08 Å². The highest BCUT2D eigenvalue weighted by Crippen LogP contribution is 2.35. The number of nitrogens with zero attached hydrogens (tertiary/aromatic N) is 2. The number of aromatic amines is 1. The van der Waals surface area contributed by atoms with E-state index in [1.807, 2.05) is 0 Å². The molecule has 3 N–H and O–H groups in total. The summed E-state index contributed by atoms with van der Waals surface area (Å²) in [6.45, 7) is 2.13. The Morgan fingerprint density at radius 2 is 2.24 bits per heavy atom. The van der Waals surface area contributed by atoms with Crippen LogP contribution in [0, 0.1) is 0 Å². The summed E-state index contributed by atoms with van der Waals surface area (Å²) in [7, 11) is 0. The molecule has 1 fully saturated rings. The molecule has 2 aromatic heterocycles. The maximum absolute atomic E-state index is 4.51. The minimum Gasteiger partial charge on any atom is -0.365 e. The van der Waals surface area contributed by atoms with Crippen LogP contribution in [0.4, 0.5) is 5.82 Å². The molecule has 2 aromatic rings. The van der Waals surface area contributed by atoms with Crippen molar-refractivity contribution < 1.29 is 0 Å². The summed E-state index contributed by atoms with van der Waals surface area (Å²) < 4.78 is 0. The molecule has 5 heteroatoms. The third-order valence-corrected chi connectivity index (χ3v) is 4.49. The van der Waals surface area contributed by atoms with Crippen LogP contribution in [-0.2, 0) is 0 Å². The molecule has 0 amide bonds. The molecule has 1 aliphatic carbocycles. The van der Waals surface area contributed by atoms with Crippen LogP contribution in [0.15, 0.2) is 18.6 Å². The van der Waals surface area contributed by atoms with Crippen LogP contribution in [0.1, 0.15) is 37.7 Å². The van der Waals surface area contributed by atoms with E-state index in [0.717, 1.165) is 36.4 Å². The van der Waals surface area contributed by atoms with Crippen molar-refractivity contribution in [2.75, 3.05) is 18.4 Å². The Hall–Kier alpha value is -1.88. The third kappa shape index (κ3) is 2.42. The Morgan fingerprint density at radius 1 is 1.24 bits per heavy atom. The van der Waals surface area contributed by atoms with Gasteiger partial charge in [0.25, 0.3) is 0 Å². The number of fused-ring (bicyclic) bond motifs is 1. The van der Waals surface area contributed by atoms with E-state index in [9.17, 15) is 0 Å². The van der Waals surface area contributed by atoms with Crippen molar-refractivity contribution in [3.63, 3.8) is 0 Å². The topological polar surface area (TPSA) is 65.6 Å². The van der Waals surface area contributed by atoms with Gasteiger partial charge in [0.1, 0.15) is 17.8 Å². The van der Waals surface area contributed by atoms with E-state index in [-0.39, 0.29) is 0 Å². The summed E-state index contributed by atoms with van der Waals surface area (Å²) in [6.07, 6.45) is 12.1. The van der Waals surface area contributed by atoms with E-state index >= 15 is 0 Å². The Bertz CT molecular complexity index is 666. The summed E-state index contributed by atoms with van der Waals surface area (Å²) in [5, 5.41) is 8.20. The fourth-order valence-electron chi connectivity index (χ4n) is 3.41. The largest absolute Gasteiger partial charge is 0.365 e. The van der Waals surface area contributed by atoms with Gasteiger partial charge in [0.15, 0.2) is 0 Å². The van der Waals surface area contributed by atoms with Crippen LogP contribution in [0.5, 0.6) is 0 Å². The average molecular weight is 283 g/mol. The lowest BCUT2D eigenvalue weighted by molar-refractivity contribution is 0.479. The summed E-state index contributed by atoms with van der Waals surface area (Å²) in [4.78, 5) is 12.2. The molecule has 110 valence electrons. The summed E-state index contributed by atoms with van der Waals surface area (Å²) in [6, 6.07) is 0.456. The molecule has 0 radical (unpaired) electrons. The van der Waals surface area contributed by atoms with Gasteiger partial charge in [-0.25, -0.2) is 9.97 Å². The predicted octanol–water partition coefficient (Wildman–Crippen LogP) is 2.69. The number of anilines is 1. The van der Waals surface area contributed by atoms with Gasteiger partial charge in [-0.2, -0.15) is 0 Å². The van der Waals surface area contributed by atoms with Gasteiger partial charge in [0.2, 0.25) is 0 Å². The number of nitrogens with one attached hydrogen (secondary N) is 3. The predicted molar refractivity (Wildman–Crippen MR) is 85.2 cm³/mol. The Morgan fingerprint density at radius 3 is 3.05 bits per heavy atom. The second-order valence-corrected chi connectivity index (χ2v) is 5.96. The summed E-state index contributed by atoms with van der Waals surface area (Å²) in [5.41, 5.74) is 3.63. The first kappa shape index (κ1) is 12.8. The second-order valence-electron chi connectivity index (χ2n) is 5.96. The number of hydrogen-bond acceptors (Lipinski definition) is 4. The smallest absolute Gasteiger partial charge is 0.143 e. The number of piperidine rings is 1. The molecule has 3 heterocycles. The van der Waals surface area contributed by atoms with Crippen molar-refractivity contribution in [2.24, 2.45) is 0 Å². The van der Waals surface area contributed by atoms with Crippen molar-refractivity contribution in [3.8, 4) is 0 Å². The van der Waals surface area contributed by atoms with Crippen LogP contribution in [-0.4, -0.2) is 34.1 Å². The maximum atomic E-state index is 4.51. The monoisotopic (exact) mass is 283 g/mol. The lowest BCUT2D eigenvalue weighted by Gasteiger charge is -2.24. The fraction of sp³-hybridized carbons (Fsp3) is 0.500. The average Bonchev–Trinajstić information content (AvgIpc) is 3.17. The highest BCUT2D eigenvalue weighted by atomic mass is 15.1. The molecule has 1 aliphatic heterocycles. The van der Waals surface area contributed by atoms with E-state index in [1.165, 1.54) is 36.8 Å². The van der Waals surface area contributed by atoms with Gasteiger partial charge in [0.05, 0.1) is 5.39 Å². The molecular weight excluding hydrogens is 262 g/mol. The van der Waals surface area contributed by atoms with Gasteiger partial charge >= 0.3 is 0 Å². The van der Waals surface area contributed by atoms with Crippen molar-refractivity contribution in [2.45, 2.75) is 38.1 Å². The van der Waals surface area contributed by atoms with Crippen LogP contribution in [0.25, 0.3) is 16.6 Å². The second kappa shape index (κ2) is 5.48. The van der Waals surface area contributed by atoms with E-state index in [2.05, 4.69) is 37.9 Å². The van der Waals surface area contributed by atoms with Gasteiger partial charge in [-0.15, -0.1) is 0 Å². The number of allylic oxidation sites excluding steroid dienone is 2. The molecule has 0 saturated carbocycles. The van der Waals surface area contributed by atoms with Crippen molar-refractivity contribution in [1.29, 1.82) is 0 Å². The van der Waals surface area contributed by atoms with Crippen LogP contribution in [0.2, 0.25) is 0 Å².